The maximum atomic E-state index is 6.69. The van der Waals surface area contributed by atoms with E-state index in [1.807, 2.05) is 12.1 Å². The number of hydrogen-bond acceptors (Lipinski definition) is 2. The van der Waals surface area contributed by atoms with Gasteiger partial charge in [0, 0.05) is 5.46 Å². The molecule has 8 aromatic carbocycles. The summed E-state index contributed by atoms with van der Waals surface area (Å²) in [6, 6.07) is 54.2. The second-order valence-electron chi connectivity index (χ2n) is 12.0. The molecule has 2 nitrogen and oxygen atoms in total. The molecule has 0 saturated carbocycles. The molecule has 2 heterocycles. The smallest absolute Gasteiger partial charge is 0.260 e. The molecule has 0 amide bonds. The van der Waals surface area contributed by atoms with Gasteiger partial charge in [0.2, 0.25) is 0 Å². The highest BCUT2D eigenvalue weighted by atomic mass is 16.5. The Labute approximate surface area is 261 Å². The van der Waals surface area contributed by atoms with Gasteiger partial charge in [-0.1, -0.05) is 127 Å². The van der Waals surface area contributed by atoms with Crippen molar-refractivity contribution < 1.29 is 9.47 Å². The first-order chi connectivity index (χ1) is 22.3. The highest BCUT2D eigenvalue weighted by Gasteiger charge is 2.40. The molecule has 0 atom stereocenters. The van der Waals surface area contributed by atoms with Gasteiger partial charge < -0.3 is 9.47 Å². The van der Waals surface area contributed by atoms with Crippen LogP contribution in [-0.4, -0.2) is 6.71 Å². The molecular formula is C42H25BO2. The second-order valence-corrected chi connectivity index (χ2v) is 12.0. The van der Waals surface area contributed by atoms with Gasteiger partial charge in [-0.05, 0) is 89.8 Å². The molecule has 0 aliphatic carbocycles. The topological polar surface area (TPSA) is 18.5 Å². The lowest BCUT2D eigenvalue weighted by Crippen LogP contribution is -2.57. The summed E-state index contributed by atoms with van der Waals surface area (Å²) in [5, 5.41) is 7.36. The minimum atomic E-state index is 0.0566. The first-order valence-corrected chi connectivity index (χ1v) is 15.5. The fraction of sp³-hybridized carbons (Fsp3) is 0. The van der Waals surface area contributed by atoms with E-state index >= 15 is 0 Å². The fourth-order valence-electron chi connectivity index (χ4n) is 7.71. The fourth-order valence-corrected chi connectivity index (χ4v) is 7.71. The van der Waals surface area contributed by atoms with Gasteiger partial charge in [-0.15, -0.1) is 0 Å². The molecule has 10 rings (SSSR count). The van der Waals surface area contributed by atoms with Crippen LogP contribution in [0.25, 0.3) is 54.6 Å². The van der Waals surface area contributed by atoms with Crippen LogP contribution >= 0.6 is 0 Å². The molecule has 45 heavy (non-hydrogen) atoms. The third-order valence-electron chi connectivity index (χ3n) is 9.57. The van der Waals surface area contributed by atoms with E-state index in [0.717, 1.165) is 34.0 Å². The van der Waals surface area contributed by atoms with E-state index in [2.05, 4.69) is 140 Å². The van der Waals surface area contributed by atoms with Gasteiger partial charge in [0.25, 0.3) is 6.71 Å². The van der Waals surface area contributed by atoms with E-state index in [1.165, 1.54) is 59.9 Å². The van der Waals surface area contributed by atoms with E-state index in [-0.39, 0.29) is 6.71 Å². The van der Waals surface area contributed by atoms with Crippen molar-refractivity contribution in [1.82, 2.24) is 0 Å². The van der Waals surface area contributed by atoms with Gasteiger partial charge in [0.05, 0.1) is 0 Å². The Hall–Kier alpha value is -5.80. The van der Waals surface area contributed by atoms with Gasteiger partial charge in [-0.3, -0.25) is 0 Å². The average molecular weight is 572 g/mol. The van der Waals surface area contributed by atoms with Crippen molar-refractivity contribution in [3.8, 4) is 45.3 Å². The maximum Gasteiger partial charge on any atom is 0.260 e. The predicted molar refractivity (Wildman–Crippen MR) is 188 cm³/mol. The second kappa shape index (κ2) is 9.35. The van der Waals surface area contributed by atoms with Gasteiger partial charge in [0.1, 0.15) is 23.0 Å². The number of rotatable bonds is 2. The molecule has 0 radical (unpaired) electrons. The summed E-state index contributed by atoms with van der Waals surface area (Å²) in [6.45, 7) is 0.0566. The molecule has 0 bridgehead atoms. The van der Waals surface area contributed by atoms with Crippen LogP contribution in [0.3, 0.4) is 0 Å². The van der Waals surface area contributed by atoms with Crippen molar-refractivity contribution in [2.75, 3.05) is 0 Å². The zero-order chi connectivity index (χ0) is 29.5. The van der Waals surface area contributed by atoms with Crippen molar-refractivity contribution >= 4 is 55.4 Å². The van der Waals surface area contributed by atoms with Crippen molar-refractivity contribution in [2.45, 2.75) is 0 Å². The van der Waals surface area contributed by atoms with Crippen LogP contribution in [0.4, 0.5) is 0 Å². The summed E-state index contributed by atoms with van der Waals surface area (Å²) in [5.74, 6) is 3.51. The maximum absolute atomic E-state index is 6.69. The lowest BCUT2D eigenvalue weighted by molar-refractivity contribution is 0.465. The van der Waals surface area contributed by atoms with Gasteiger partial charge >= 0.3 is 0 Å². The molecule has 0 N–H and O–H groups in total. The highest BCUT2D eigenvalue weighted by Crippen LogP contribution is 2.47. The number of ether oxygens (including phenoxy) is 2. The first-order valence-electron chi connectivity index (χ1n) is 15.5. The number of fused-ring (bicyclic) bond motifs is 7. The van der Waals surface area contributed by atoms with Crippen LogP contribution in [0, 0.1) is 0 Å². The Morgan fingerprint density at radius 1 is 0.378 bits per heavy atom. The van der Waals surface area contributed by atoms with Crippen molar-refractivity contribution in [3.63, 3.8) is 0 Å². The zero-order valence-electron chi connectivity index (χ0n) is 24.3. The monoisotopic (exact) mass is 572 g/mol. The third kappa shape index (κ3) is 3.52. The summed E-state index contributed by atoms with van der Waals surface area (Å²) in [5.41, 5.74) is 8.21. The summed E-state index contributed by atoms with van der Waals surface area (Å²) in [7, 11) is 0. The first kappa shape index (κ1) is 24.6. The molecule has 0 spiro atoms. The van der Waals surface area contributed by atoms with Crippen LogP contribution in [-0.2, 0) is 0 Å². The van der Waals surface area contributed by atoms with E-state index in [1.54, 1.807) is 0 Å². The van der Waals surface area contributed by atoms with Crippen LogP contribution in [0.1, 0.15) is 0 Å². The Kier molecular flexibility index (Phi) is 5.12. The van der Waals surface area contributed by atoms with Crippen molar-refractivity contribution in [3.05, 3.63) is 152 Å². The molecular weight excluding hydrogens is 547 g/mol. The Morgan fingerprint density at radius 3 is 1.44 bits per heavy atom. The summed E-state index contributed by atoms with van der Waals surface area (Å²) in [6.07, 6.45) is 0. The van der Waals surface area contributed by atoms with Crippen LogP contribution in [0.5, 0.6) is 23.0 Å². The summed E-state index contributed by atoms with van der Waals surface area (Å²) >= 11 is 0. The molecule has 2 aliphatic heterocycles. The summed E-state index contributed by atoms with van der Waals surface area (Å²) < 4.78 is 13.4. The van der Waals surface area contributed by atoms with Crippen molar-refractivity contribution in [2.24, 2.45) is 0 Å². The SMILES string of the molecule is c1ccc2c(c1)Oc1cc(-c3c4ccccc4c(-c4cccc5ccccc45)c4ccccc34)cc3c1B2c1ccccc1O3. The van der Waals surface area contributed by atoms with Crippen LogP contribution in [0.15, 0.2) is 152 Å². The molecule has 0 saturated heterocycles. The molecule has 8 aromatic rings. The van der Waals surface area contributed by atoms with Gasteiger partial charge in [-0.25, -0.2) is 0 Å². The number of benzene rings is 8. The average Bonchev–Trinajstić information content (AvgIpc) is 3.10. The van der Waals surface area contributed by atoms with E-state index in [4.69, 9.17) is 9.47 Å². The Morgan fingerprint density at radius 2 is 0.844 bits per heavy atom. The predicted octanol–water partition coefficient (Wildman–Crippen LogP) is 9.21. The van der Waals surface area contributed by atoms with Gasteiger partial charge in [-0.2, -0.15) is 0 Å². The Bertz CT molecular complexity index is 2380. The minimum absolute atomic E-state index is 0.0566. The van der Waals surface area contributed by atoms with E-state index in [9.17, 15) is 0 Å². The molecule has 3 heteroatoms. The molecule has 0 aromatic heterocycles. The number of hydrogen-bond donors (Lipinski definition) is 0. The van der Waals surface area contributed by atoms with Crippen molar-refractivity contribution in [1.29, 1.82) is 0 Å². The van der Waals surface area contributed by atoms with E-state index < -0.39 is 0 Å². The Balaban J connectivity index is 1.29. The quantitative estimate of drug-likeness (QED) is 0.152. The highest BCUT2D eigenvalue weighted by molar-refractivity contribution is 6.98. The minimum Gasteiger partial charge on any atom is -0.458 e. The molecule has 0 unspecified atom stereocenters. The van der Waals surface area contributed by atoms with Gasteiger partial charge in [0.15, 0.2) is 0 Å². The lowest BCUT2D eigenvalue weighted by Gasteiger charge is -2.33. The third-order valence-corrected chi connectivity index (χ3v) is 9.57. The number of para-hydroxylation sites is 2. The normalized spacial score (nSPS) is 12.8. The molecule has 2 aliphatic rings. The van der Waals surface area contributed by atoms with Crippen LogP contribution in [0.2, 0.25) is 0 Å². The largest absolute Gasteiger partial charge is 0.458 e. The zero-order valence-corrected chi connectivity index (χ0v) is 24.3. The lowest BCUT2D eigenvalue weighted by atomic mass is 9.35. The molecule has 0 fully saturated rings. The standard InChI is InChI=1S/C42H25BO2/c1-2-14-28-26(12-1)13-11-19-29(28)41-32-17-5-3-15-30(32)40(31-16-4-6-18-33(31)41)27-24-38-42-39(25-27)45-37-23-10-8-21-35(37)43(42)34-20-7-9-22-36(34)44-38/h1-25H. The van der Waals surface area contributed by atoms with Crippen LogP contribution < -0.4 is 25.9 Å². The molecule has 208 valence electrons. The van der Waals surface area contributed by atoms with E-state index in [0.29, 0.717) is 0 Å². The summed E-state index contributed by atoms with van der Waals surface area (Å²) in [4.78, 5) is 0.